The first-order valence-corrected chi connectivity index (χ1v) is 5.29. The molecule has 0 radical (unpaired) electrons. The predicted octanol–water partition coefficient (Wildman–Crippen LogP) is 1.16. The number of hydrogen-bond acceptors (Lipinski definition) is 4. The molecule has 0 saturated carbocycles. The molecule has 0 spiro atoms. The molecule has 0 amide bonds. The number of hydrogen-bond donors (Lipinski definition) is 1. The summed E-state index contributed by atoms with van der Waals surface area (Å²) in [7, 11) is 0. The van der Waals surface area contributed by atoms with Crippen molar-refractivity contribution in [2.24, 2.45) is 5.73 Å². The van der Waals surface area contributed by atoms with Gasteiger partial charge in [0.25, 0.3) is 0 Å². The van der Waals surface area contributed by atoms with Gasteiger partial charge in [-0.05, 0) is 6.92 Å². The smallest absolute Gasteiger partial charge is 0.114 e. The highest BCUT2D eigenvalue weighted by atomic mass is 32.1. The number of nitrogens with zero attached hydrogens (tertiary/aromatic N) is 3. The van der Waals surface area contributed by atoms with E-state index in [0.717, 1.165) is 22.8 Å². The Bertz CT molecular complexity index is 404. The van der Waals surface area contributed by atoms with Gasteiger partial charge in [0.05, 0.1) is 12.7 Å². The molecular formula is C9H12N4S. The molecule has 0 aromatic carbocycles. The average molecular weight is 208 g/mol. The van der Waals surface area contributed by atoms with Crippen LogP contribution in [0.25, 0.3) is 0 Å². The zero-order chi connectivity index (χ0) is 9.97. The van der Waals surface area contributed by atoms with E-state index in [1.54, 1.807) is 11.3 Å². The van der Waals surface area contributed by atoms with Crippen LogP contribution in [-0.4, -0.2) is 14.8 Å². The quantitative estimate of drug-likeness (QED) is 0.823. The molecule has 4 nitrogen and oxygen atoms in total. The summed E-state index contributed by atoms with van der Waals surface area (Å²) in [6, 6.07) is 0. The molecule has 74 valence electrons. The minimum absolute atomic E-state index is 0.545. The third-order valence-corrected chi connectivity index (χ3v) is 2.96. The lowest BCUT2D eigenvalue weighted by atomic mass is 10.3. The Morgan fingerprint density at radius 1 is 1.57 bits per heavy atom. The van der Waals surface area contributed by atoms with Crippen molar-refractivity contribution in [3.8, 4) is 0 Å². The van der Waals surface area contributed by atoms with E-state index in [4.69, 9.17) is 5.73 Å². The SMILES string of the molecule is Cc1c(CN)cnn1Cc1nccs1. The van der Waals surface area contributed by atoms with Crippen LogP contribution in [0, 0.1) is 6.92 Å². The van der Waals surface area contributed by atoms with Crippen LogP contribution in [0.15, 0.2) is 17.8 Å². The van der Waals surface area contributed by atoms with Crippen LogP contribution in [0.5, 0.6) is 0 Å². The first-order valence-electron chi connectivity index (χ1n) is 4.41. The van der Waals surface area contributed by atoms with Crippen LogP contribution in [0.4, 0.5) is 0 Å². The van der Waals surface area contributed by atoms with Crippen molar-refractivity contribution < 1.29 is 0 Å². The Morgan fingerprint density at radius 2 is 2.43 bits per heavy atom. The third-order valence-electron chi connectivity index (χ3n) is 2.19. The minimum Gasteiger partial charge on any atom is -0.326 e. The summed E-state index contributed by atoms with van der Waals surface area (Å²) < 4.78 is 1.93. The van der Waals surface area contributed by atoms with Gasteiger partial charge in [-0.2, -0.15) is 5.10 Å². The van der Waals surface area contributed by atoms with Crippen molar-refractivity contribution in [1.29, 1.82) is 0 Å². The van der Waals surface area contributed by atoms with Crippen molar-refractivity contribution in [1.82, 2.24) is 14.8 Å². The largest absolute Gasteiger partial charge is 0.326 e. The second-order valence-electron chi connectivity index (χ2n) is 3.04. The molecule has 2 heterocycles. The lowest BCUT2D eigenvalue weighted by molar-refractivity contribution is 0.660. The third kappa shape index (κ3) is 1.69. The second-order valence-corrected chi connectivity index (χ2v) is 4.02. The molecule has 5 heteroatoms. The van der Waals surface area contributed by atoms with Gasteiger partial charge in [-0.3, -0.25) is 4.68 Å². The van der Waals surface area contributed by atoms with Gasteiger partial charge in [-0.1, -0.05) is 0 Å². The zero-order valence-electron chi connectivity index (χ0n) is 7.97. The van der Waals surface area contributed by atoms with Gasteiger partial charge < -0.3 is 5.73 Å². The molecule has 0 saturated heterocycles. The first kappa shape index (κ1) is 9.36. The molecule has 0 atom stereocenters. The molecule has 2 aromatic heterocycles. The van der Waals surface area contributed by atoms with Gasteiger partial charge in [0.1, 0.15) is 5.01 Å². The fourth-order valence-corrected chi connectivity index (χ4v) is 1.90. The molecule has 2 N–H and O–H groups in total. The fourth-order valence-electron chi connectivity index (χ4n) is 1.30. The summed E-state index contributed by atoms with van der Waals surface area (Å²) >= 11 is 1.64. The fraction of sp³-hybridized carbons (Fsp3) is 0.333. The normalized spacial score (nSPS) is 10.7. The van der Waals surface area contributed by atoms with Crippen molar-refractivity contribution >= 4 is 11.3 Å². The standard InChI is InChI=1S/C9H12N4S/c1-7-8(4-10)5-12-13(7)6-9-11-2-3-14-9/h2-3,5H,4,6,10H2,1H3. The highest BCUT2D eigenvalue weighted by Crippen LogP contribution is 2.10. The number of aromatic nitrogens is 3. The molecular weight excluding hydrogens is 196 g/mol. The number of rotatable bonds is 3. The van der Waals surface area contributed by atoms with E-state index in [1.165, 1.54) is 0 Å². The highest BCUT2D eigenvalue weighted by Gasteiger charge is 2.05. The topological polar surface area (TPSA) is 56.7 Å². The summed E-state index contributed by atoms with van der Waals surface area (Å²) in [5, 5.41) is 7.30. The summed E-state index contributed by atoms with van der Waals surface area (Å²) in [5.41, 5.74) is 7.80. The summed E-state index contributed by atoms with van der Waals surface area (Å²) in [6.45, 7) is 3.32. The summed E-state index contributed by atoms with van der Waals surface area (Å²) in [6.07, 6.45) is 3.63. The van der Waals surface area contributed by atoms with E-state index in [9.17, 15) is 0 Å². The molecule has 14 heavy (non-hydrogen) atoms. The Kier molecular flexibility index (Phi) is 2.60. The maximum Gasteiger partial charge on any atom is 0.114 e. The van der Waals surface area contributed by atoms with Crippen molar-refractivity contribution in [3.63, 3.8) is 0 Å². The van der Waals surface area contributed by atoms with Gasteiger partial charge in [-0.15, -0.1) is 11.3 Å². The van der Waals surface area contributed by atoms with E-state index >= 15 is 0 Å². The predicted molar refractivity (Wildman–Crippen MR) is 56.1 cm³/mol. The Balaban J connectivity index is 2.21. The maximum absolute atomic E-state index is 5.57. The van der Waals surface area contributed by atoms with E-state index in [-0.39, 0.29) is 0 Å². The summed E-state index contributed by atoms with van der Waals surface area (Å²) in [4.78, 5) is 4.21. The minimum atomic E-state index is 0.545. The maximum atomic E-state index is 5.57. The van der Waals surface area contributed by atoms with Crippen molar-refractivity contribution in [3.05, 3.63) is 34.0 Å². The van der Waals surface area contributed by atoms with Gasteiger partial charge in [0, 0.05) is 29.4 Å². The molecule has 2 aromatic rings. The first-order chi connectivity index (χ1) is 6.81. The monoisotopic (exact) mass is 208 g/mol. The molecule has 0 unspecified atom stereocenters. The lowest BCUT2D eigenvalue weighted by Gasteiger charge is -2.01. The van der Waals surface area contributed by atoms with Gasteiger partial charge >= 0.3 is 0 Å². The second kappa shape index (κ2) is 3.89. The van der Waals surface area contributed by atoms with Gasteiger partial charge in [0.15, 0.2) is 0 Å². The van der Waals surface area contributed by atoms with E-state index < -0.39 is 0 Å². The molecule has 2 rings (SSSR count). The van der Waals surface area contributed by atoms with Gasteiger partial charge in [-0.25, -0.2) is 4.98 Å². The van der Waals surface area contributed by atoms with Crippen LogP contribution >= 0.6 is 11.3 Å². The van der Waals surface area contributed by atoms with Crippen LogP contribution < -0.4 is 5.73 Å². The van der Waals surface area contributed by atoms with E-state index in [2.05, 4.69) is 10.1 Å². The summed E-state index contributed by atoms with van der Waals surface area (Å²) in [5.74, 6) is 0. The molecule has 0 aliphatic rings. The molecule has 0 fully saturated rings. The van der Waals surface area contributed by atoms with Crippen LogP contribution in [0.3, 0.4) is 0 Å². The van der Waals surface area contributed by atoms with Gasteiger partial charge in [0.2, 0.25) is 0 Å². The average Bonchev–Trinajstić information content (AvgIpc) is 2.79. The zero-order valence-corrected chi connectivity index (χ0v) is 8.79. The molecule has 0 bridgehead atoms. The Hall–Kier alpha value is -1.20. The highest BCUT2D eigenvalue weighted by molar-refractivity contribution is 7.09. The Morgan fingerprint density at radius 3 is 3.00 bits per heavy atom. The van der Waals surface area contributed by atoms with Crippen LogP contribution in [0.1, 0.15) is 16.3 Å². The van der Waals surface area contributed by atoms with Crippen LogP contribution in [0.2, 0.25) is 0 Å². The van der Waals surface area contributed by atoms with Crippen molar-refractivity contribution in [2.45, 2.75) is 20.0 Å². The van der Waals surface area contributed by atoms with E-state index in [1.807, 2.05) is 29.4 Å². The number of thiazole rings is 1. The number of nitrogens with two attached hydrogens (primary N) is 1. The van der Waals surface area contributed by atoms with E-state index in [0.29, 0.717) is 6.54 Å². The molecule has 0 aliphatic carbocycles. The van der Waals surface area contributed by atoms with Crippen molar-refractivity contribution in [2.75, 3.05) is 0 Å². The Labute approximate surface area is 86.4 Å². The lowest BCUT2D eigenvalue weighted by Crippen LogP contribution is -2.05. The van der Waals surface area contributed by atoms with Crippen LogP contribution in [-0.2, 0) is 13.1 Å². The molecule has 0 aliphatic heterocycles.